The van der Waals surface area contributed by atoms with E-state index in [9.17, 15) is 34.2 Å². The predicted octanol–water partition coefficient (Wildman–Crippen LogP) is 5.68. The fraction of sp³-hybridized carbons (Fsp3) is 0.0833. The van der Waals surface area contributed by atoms with Crippen molar-refractivity contribution in [3.05, 3.63) is 103 Å². The van der Waals surface area contributed by atoms with E-state index >= 15 is 0 Å². The molecule has 0 N–H and O–H groups in total. The summed E-state index contributed by atoms with van der Waals surface area (Å²) in [4.78, 5) is 47.2. The van der Waals surface area contributed by atoms with E-state index < -0.39 is 38.2 Å². The summed E-state index contributed by atoms with van der Waals surface area (Å²) in [7, 11) is 1.34. The van der Waals surface area contributed by atoms with E-state index in [0.29, 0.717) is 11.1 Å². The molecule has 188 valence electrons. The van der Waals surface area contributed by atoms with Gasteiger partial charge in [0, 0.05) is 6.07 Å². The highest BCUT2D eigenvalue weighted by atomic mass is 32.2. The van der Waals surface area contributed by atoms with Crippen molar-refractivity contribution in [3.8, 4) is 17.2 Å². The fourth-order valence-electron chi connectivity index (χ4n) is 3.39. The molecule has 0 unspecified atom stereocenters. The molecule has 13 heteroatoms. The minimum Gasteiger partial charge on any atom is -0.493 e. The third-order valence-corrected chi connectivity index (χ3v) is 6.09. The number of halogens is 1. The molecule has 3 aromatic carbocycles. The van der Waals surface area contributed by atoms with Gasteiger partial charge in [0.2, 0.25) is 5.75 Å². The SMILES string of the molecule is COc1cc(/C=C2\SC(=O)N(Cc3ccc(F)cc3)C2=O)ccc1Oc1ccc([N+](=O)[O-])cc1[N+](=O)[O-]. The number of imide groups is 1. The van der Waals surface area contributed by atoms with Crippen molar-refractivity contribution >= 4 is 40.4 Å². The second kappa shape index (κ2) is 10.5. The van der Waals surface area contributed by atoms with Gasteiger partial charge in [-0.25, -0.2) is 4.39 Å². The molecule has 1 aliphatic rings. The number of methoxy groups -OCH3 is 1. The molecule has 37 heavy (non-hydrogen) atoms. The molecule has 0 spiro atoms. The lowest BCUT2D eigenvalue weighted by Gasteiger charge is -2.12. The number of benzene rings is 3. The first-order valence-electron chi connectivity index (χ1n) is 10.4. The second-order valence-corrected chi connectivity index (χ2v) is 8.57. The number of ether oxygens (including phenoxy) is 2. The van der Waals surface area contributed by atoms with Crippen LogP contribution < -0.4 is 9.47 Å². The van der Waals surface area contributed by atoms with Crippen LogP contribution in [0.2, 0.25) is 0 Å². The Morgan fingerprint density at radius 3 is 2.30 bits per heavy atom. The maximum atomic E-state index is 13.1. The lowest BCUT2D eigenvalue weighted by molar-refractivity contribution is -0.394. The van der Waals surface area contributed by atoms with Gasteiger partial charge in [0.25, 0.3) is 16.8 Å². The summed E-state index contributed by atoms with van der Waals surface area (Å²) in [6.45, 7) is -0.00754. The highest BCUT2D eigenvalue weighted by Gasteiger charge is 2.35. The standard InChI is InChI=1S/C24H16FN3O8S/c1-35-21-10-15(4-8-20(21)36-19-9-7-17(27(31)32)12-18(19)28(33)34)11-22-23(29)26(24(30)37-22)13-14-2-5-16(25)6-3-14/h2-12H,13H2,1H3/b22-11-. The van der Waals surface area contributed by atoms with Crippen LogP contribution in [-0.4, -0.2) is 33.0 Å². The molecule has 0 radical (unpaired) electrons. The third-order valence-electron chi connectivity index (χ3n) is 5.18. The number of carbonyl (C=O) groups excluding carboxylic acids is 2. The number of thioether (sulfide) groups is 1. The Morgan fingerprint density at radius 1 is 0.946 bits per heavy atom. The number of amides is 2. The molecule has 0 atom stereocenters. The van der Waals surface area contributed by atoms with Gasteiger partial charge in [-0.1, -0.05) is 18.2 Å². The zero-order chi connectivity index (χ0) is 26.7. The van der Waals surface area contributed by atoms with Gasteiger partial charge in [0.1, 0.15) is 5.82 Å². The molecule has 0 saturated carbocycles. The lowest BCUT2D eigenvalue weighted by atomic mass is 10.1. The Bertz CT molecular complexity index is 1460. The molecule has 1 heterocycles. The summed E-state index contributed by atoms with van der Waals surface area (Å²) in [6.07, 6.45) is 1.48. The Hall–Kier alpha value is -4.78. The van der Waals surface area contributed by atoms with E-state index in [1.54, 1.807) is 6.07 Å². The summed E-state index contributed by atoms with van der Waals surface area (Å²) in [6, 6.07) is 12.9. The highest BCUT2D eigenvalue weighted by molar-refractivity contribution is 8.18. The quantitative estimate of drug-likeness (QED) is 0.206. The topological polar surface area (TPSA) is 142 Å². The average Bonchev–Trinajstić information content (AvgIpc) is 3.13. The van der Waals surface area contributed by atoms with Gasteiger partial charge in [0.15, 0.2) is 11.5 Å². The summed E-state index contributed by atoms with van der Waals surface area (Å²) in [5.74, 6) is -0.931. The fourth-order valence-corrected chi connectivity index (χ4v) is 4.22. The van der Waals surface area contributed by atoms with Crippen LogP contribution in [0.5, 0.6) is 17.2 Å². The van der Waals surface area contributed by atoms with Crippen molar-refractivity contribution in [2.24, 2.45) is 0 Å². The molecule has 11 nitrogen and oxygen atoms in total. The first-order valence-corrected chi connectivity index (χ1v) is 11.3. The van der Waals surface area contributed by atoms with Crippen LogP contribution in [0.1, 0.15) is 11.1 Å². The Labute approximate surface area is 212 Å². The molecule has 1 saturated heterocycles. The van der Waals surface area contributed by atoms with Crippen LogP contribution in [0.3, 0.4) is 0 Å². The van der Waals surface area contributed by atoms with Gasteiger partial charge in [-0.05, 0) is 59.3 Å². The molecular formula is C24H16FN3O8S. The number of hydrogen-bond acceptors (Lipinski definition) is 9. The van der Waals surface area contributed by atoms with Crippen LogP contribution >= 0.6 is 11.8 Å². The molecule has 0 aliphatic carbocycles. The lowest BCUT2D eigenvalue weighted by Crippen LogP contribution is -2.27. The van der Waals surface area contributed by atoms with E-state index in [1.807, 2.05) is 0 Å². The minimum atomic E-state index is -0.800. The number of nitro benzene ring substituents is 2. The largest absolute Gasteiger partial charge is 0.493 e. The zero-order valence-electron chi connectivity index (χ0n) is 19.0. The van der Waals surface area contributed by atoms with Gasteiger partial charge >= 0.3 is 5.69 Å². The Balaban J connectivity index is 1.57. The predicted molar refractivity (Wildman–Crippen MR) is 131 cm³/mol. The van der Waals surface area contributed by atoms with Gasteiger partial charge < -0.3 is 9.47 Å². The molecule has 3 aromatic rings. The maximum absolute atomic E-state index is 13.1. The normalized spacial score (nSPS) is 14.2. The molecular weight excluding hydrogens is 509 g/mol. The van der Waals surface area contributed by atoms with E-state index in [4.69, 9.17) is 9.47 Å². The Morgan fingerprint density at radius 2 is 1.65 bits per heavy atom. The van der Waals surface area contributed by atoms with E-state index in [0.717, 1.165) is 34.9 Å². The smallest absolute Gasteiger partial charge is 0.318 e. The van der Waals surface area contributed by atoms with Crippen LogP contribution in [0.15, 0.2) is 65.6 Å². The number of nitrogens with zero attached hydrogens (tertiary/aromatic N) is 3. The van der Waals surface area contributed by atoms with Crippen molar-refractivity contribution in [2.75, 3.05) is 7.11 Å². The van der Waals surface area contributed by atoms with Gasteiger partial charge in [0.05, 0.1) is 34.5 Å². The van der Waals surface area contributed by atoms with Crippen molar-refractivity contribution < 1.29 is 33.3 Å². The summed E-state index contributed by atoms with van der Waals surface area (Å²) in [5.41, 5.74) is 0.00744. The minimum absolute atomic E-state index is 0.00754. The van der Waals surface area contributed by atoms with Crippen LogP contribution in [-0.2, 0) is 11.3 Å². The summed E-state index contributed by atoms with van der Waals surface area (Å²) < 4.78 is 24.1. The van der Waals surface area contributed by atoms with E-state index in [-0.39, 0.29) is 28.7 Å². The van der Waals surface area contributed by atoms with Crippen molar-refractivity contribution in [2.45, 2.75) is 6.54 Å². The first-order chi connectivity index (χ1) is 17.7. The maximum Gasteiger partial charge on any atom is 0.318 e. The molecule has 1 fully saturated rings. The summed E-state index contributed by atoms with van der Waals surface area (Å²) in [5, 5.41) is 21.9. The number of rotatable bonds is 8. The van der Waals surface area contributed by atoms with Gasteiger partial charge in [-0.2, -0.15) is 0 Å². The highest BCUT2D eigenvalue weighted by Crippen LogP contribution is 2.39. The number of nitro groups is 2. The monoisotopic (exact) mass is 525 g/mol. The van der Waals surface area contributed by atoms with Crippen molar-refractivity contribution in [3.63, 3.8) is 0 Å². The first kappa shape index (κ1) is 25.3. The molecule has 2 amide bonds. The Kier molecular flexibility index (Phi) is 7.15. The summed E-state index contributed by atoms with van der Waals surface area (Å²) >= 11 is 0.751. The van der Waals surface area contributed by atoms with Crippen molar-refractivity contribution in [1.29, 1.82) is 0 Å². The van der Waals surface area contributed by atoms with Crippen molar-refractivity contribution in [1.82, 2.24) is 4.90 Å². The van der Waals surface area contributed by atoms with E-state index in [1.165, 1.54) is 49.6 Å². The number of carbonyl (C=O) groups is 2. The molecule has 1 aliphatic heterocycles. The van der Waals surface area contributed by atoms with Gasteiger partial charge in [-0.3, -0.25) is 34.7 Å². The van der Waals surface area contributed by atoms with Gasteiger partial charge in [-0.15, -0.1) is 0 Å². The second-order valence-electron chi connectivity index (χ2n) is 7.57. The third kappa shape index (κ3) is 5.56. The number of non-ortho nitro benzene ring substituents is 1. The van der Waals surface area contributed by atoms with Crippen LogP contribution in [0.4, 0.5) is 20.6 Å². The number of hydrogen-bond donors (Lipinski definition) is 0. The van der Waals surface area contributed by atoms with Crippen LogP contribution in [0, 0.1) is 26.0 Å². The zero-order valence-corrected chi connectivity index (χ0v) is 19.8. The molecule has 0 aromatic heterocycles. The van der Waals surface area contributed by atoms with E-state index in [2.05, 4.69) is 0 Å². The molecule has 4 rings (SSSR count). The average molecular weight is 525 g/mol. The van der Waals surface area contributed by atoms with Crippen LogP contribution in [0.25, 0.3) is 6.08 Å². The molecule has 0 bridgehead atoms.